The zero-order valence-corrected chi connectivity index (χ0v) is 13.4. The van der Waals surface area contributed by atoms with Gasteiger partial charge in [0.2, 0.25) is 0 Å². The maximum absolute atomic E-state index is 11.8. The van der Waals surface area contributed by atoms with Crippen LogP contribution in [0.5, 0.6) is 17.2 Å². The van der Waals surface area contributed by atoms with Gasteiger partial charge < -0.3 is 19.5 Å². The van der Waals surface area contributed by atoms with Gasteiger partial charge in [0.15, 0.2) is 6.61 Å². The summed E-state index contributed by atoms with van der Waals surface area (Å²) < 4.78 is 15.7. The molecule has 2 rings (SSSR count). The molecule has 122 valence electrons. The highest BCUT2D eigenvalue weighted by atomic mass is 16.5. The summed E-state index contributed by atoms with van der Waals surface area (Å²) in [7, 11) is 3.22. The largest absolute Gasteiger partial charge is 0.497 e. The Hall–Kier alpha value is -2.69. The molecule has 0 bridgehead atoms. The average Bonchev–Trinajstić information content (AvgIpc) is 2.60. The molecule has 0 radical (unpaired) electrons. The molecule has 1 N–H and O–H groups in total. The molecule has 0 atom stereocenters. The van der Waals surface area contributed by atoms with Gasteiger partial charge in [-0.2, -0.15) is 0 Å². The first kappa shape index (κ1) is 16.7. The Bertz CT molecular complexity index is 642. The van der Waals surface area contributed by atoms with E-state index in [0.29, 0.717) is 18.0 Å². The zero-order valence-electron chi connectivity index (χ0n) is 13.4. The molecule has 5 nitrogen and oxygen atoms in total. The number of hydrogen-bond donors (Lipinski definition) is 1. The molecule has 0 spiro atoms. The molecule has 2 aromatic carbocycles. The lowest BCUT2D eigenvalue weighted by Crippen LogP contribution is -2.30. The molecule has 0 saturated heterocycles. The lowest BCUT2D eigenvalue weighted by atomic mass is 10.1. The number of benzene rings is 2. The van der Waals surface area contributed by atoms with Crippen LogP contribution in [0.4, 0.5) is 0 Å². The van der Waals surface area contributed by atoms with E-state index in [4.69, 9.17) is 14.2 Å². The van der Waals surface area contributed by atoms with E-state index in [1.807, 2.05) is 36.4 Å². The summed E-state index contributed by atoms with van der Waals surface area (Å²) >= 11 is 0. The number of methoxy groups -OCH3 is 2. The van der Waals surface area contributed by atoms with Gasteiger partial charge in [0.1, 0.15) is 17.2 Å². The minimum Gasteiger partial charge on any atom is -0.497 e. The Kier molecular flexibility index (Phi) is 6.29. The van der Waals surface area contributed by atoms with Crippen molar-refractivity contribution < 1.29 is 19.0 Å². The van der Waals surface area contributed by atoms with E-state index in [2.05, 4.69) is 5.32 Å². The van der Waals surface area contributed by atoms with Crippen molar-refractivity contribution in [1.82, 2.24) is 5.32 Å². The first-order valence-corrected chi connectivity index (χ1v) is 7.38. The smallest absolute Gasteiger partial charge is 0.257 e. The third-order valence-electron chi connectivity index (χ3n) is 3.28. The molecule has 1 amide bonds. The second kappa shape index (κ2) is 8.68. The fraction of sp³-hybridized carbons (Fsp3) is 0.278. The molecule has 0 aliphatic heterocycles. The van der Waals surface area contributed by atoms with E-state index in [-0.39, 0.29) is 12.5 Å². The van der Waals surface area contributed by atoms with E-state index in [1.54, 1.807) is 26.4 Å². The summed E-state index contributed by atoms with van der Waals surface area (Å²) in [4.78, 5) is 11.8. The molecule has 23 heavy (non-hydrogen) atoms. The molecule has 0 saturated carbocycles. The van der Waals surface area contributed by atoms with Crippen molar-refractivity contribution in [1.29, 1.82) is 0 Å². The Morgan fingerprint density at radius 2 is 1.61 bits per heavy atom. The van der Waals surface area contributed by atoms with Crippen LogP contribution in [0.1, 0.15) is 5.56 Å². The van der Waals surface area contributed by atoms with Gasteiger partial charge in [-0.3, -0.25) is 4.79 Å². The SMILES string of the molecule is COc1cccc(CCNC(=O)COc2cccc(OC)c2)c1. The average molecular weight is 315 g/mol. The maximum atomic E-state index is 11.8. The fourth-order valence-electron chi connectivity index (χ4n) is 2.07. The van der Waals surface area contributed by atoms with Gasteiger partial charge in [0, 0.05) is 12.6 Å². The monoisotopic (exact) mass is 315 g/mol. The summed E-state index contributed by atoms with van der Waals surface area (Å²) in [6, 6.07) is 14.9. The highest BCUT2D eigenvalue weighted by Crippen LogP contribution is 2.18. The number of rotatable bonds is 8. The van der Waals surface area contributed by atoms with Crippen molar-refractivity contribution in [2.24, 2.45) is 0 Å². The molecule has 0 aliphatic rings. The normalized spacial score (nSPS) is 10.0. The van der Waals surface area contributed by atoms with Crippen molar-refractivity contribution >= 4 is 5.91 Å². The van der Waals surface area contributed by atoms with Gasteiger partial charge in [0.25, 0.3) is 5.91 Å². The van der Waals surface area contributed by atoms with Gasteiger partial charge in [-0.1, -0.05) is 18.2 Å². The molecule has 5 heteroatoms. The van der Waals surface area contributed by atoms with Crippen LogP contribution in [0, 0.1) is 0 Å². The third-order valence-corrected chi connectivity index (χ3v) is 3.28. The minimum atomic E-state index is -0.157. The molecule has 2 aromatic rings. The molecule has 0 aliphatic carbocycles. The van der Waals surface area contributed by atoms with E-state index in [1.165, 1.54) is 0 Å². The predicted octanol–water partition coefficient (Wildman–Crippen LogP) is 2.44. The van der Waals surface area contributed by atoms with E-state index >= 15 is 0 Å². The maximum Gasteiger partial charge on any atom is 0.257 e. The third kappa shape index (κ3) is 5.54. The summed E-state index contributed by atoms with van der Waals surface area (Å²) in [5, 5.41) is 2.83. The molecule has 0 heterocycles. The van der Waals surface area contributed by atoms with Gasteiger partial charge in [-0.15, -0.1) is 0 Å². The second-order valence-corrected chi connectivity index (χ2v) is 4.92. The van der Waals surface area contributed by atoms with Crippen LogP contribution in [0.2, 0.25) is 0 Å². The van der Waals surface area contributed by atoms with E-state index < -0.39 is 0 Å². The Balaban J connectivity index is 1.72. The summed E-state index contributed by atoms with van der Waals surface area (Å²) in [6.07, 6.45) is 0.738. The van der Waals surface area contributed by atoms with Gasteiger partial charge in [0.05, 0.1) is 14.2 Å². The summed E-state index contributed by atoms with van der Waals surface area (Å²) in [6.45, 7) is 0.527. The van der Waals surface area contributed by atoms with Crippen molar-refractivity contribution in [2.45, 2.75) is 6.42 Å². The molecular weight excluding hydrogens is 294 g/mol. The Labute approximate surface area is 136 Å². The fourth-order valence-corrected chi connectivity index (χ4v) is 2.07. The quantitative estimate of drug-likeness (QED) is 0.813. The van der Waals surface area contributed by atoms with Crippen molar-refractivity contribution in [2.75, 3.05) is 27.4 Å². The number of nitrogens with one attached hydrogen (secondary N) is 1. The number of carbonyl (C=O) groups is 1. The first-order valence-electron chi connectivity index (χ1n) is 7.38. The van der Waals surface area contributed by atoms with Crippen molar-refractivity contribution in [3.05, 3.63) is 54.1 Å². The topological polar surface area (TPSA) is 56.8 Å². The summed E-state index contributed by atoms with van der Waals surface area (Å²) in [5.74, 6) is 1.96. The highest BCUT2D eigenvalue weighted by molar-refractivity contribution is 5.77. The van der Waals surface area contributed by atoms with Crippen LogP contribution in [0.15, 0.2) is 48.5 Å². The van der Waals surface area contributed by atoms with Gasteiger partial charge in [-0.05, 0) is 36.2 Å². The first-order chi connectivity index (χ1) is 11.2. The van der Waals surface area contributed by atoms with Gasteiger partial charge >= 0.3 is 0 Å². The van der Waals surface area contributed by atoms with Crippen LogP contribution in [-0.2, 0) is 11.2 Å². The van der Waals surface area contributed by atoms with Gasteiger partial charge in [-0.25, -0.2) is 0 Å². The van der Waals surface area contributed by atoms with E-state index in [0.717, 1.165) is 17.7 Å². The van der Waals surface area contributed by atoms with Crippen molar-refractivity contribution in [3.8, 4) is 17.2 Å². The van der Waals surface area contributed by atoms with Crippen LogP contribution in [-0.4, -0.2) is 33.3 Å². The van der Waals surface area contributed by atoms with Crippen LogP contribution < -0.4 is 19.5 Å². The van der Waals surface area contributed by atoms with Crippen LogP contribution in [0.3, 0.4) is 0 Å². The summed E-state index contributed by atoms with van der Waals surface area (Å²) in [5.41, 5.74) is 1.11. The standard InChI is InChI=1S/C18H21NO4/c1-21-15-6-3-5-14(11-15)9-10-19-18(20)13-23-17-8-4-7-16(12-17)22-2/h3-8,11-12H,9-10,13H2,1-2H3,(H,19,20). The van der Waals surface area contributed by atoms with Crippen molar-refractivity contribution in [3.63, 3.8) is 0 Å². The number of amides is 1. The Morgan fingerprint density at radius 1 is 0.957 bits per heavy atom. The number of ether oxygens (including phenoxy) is 3. The molecule has 0 aromatic heterocycles. The van der Waals surface area contributed by atoms with E-state index in [9.17, 15) is 4.79 Å². The zero-order chi connectivity index (χ0) is 16.5. The highest BCUT2D eigenvalue weighted by Gasteiger charge is 2.04. The molecule has 0 fully saturated rings. The molecular formula is C18H21NO4. The number of carbonyl (C=O) groups excluding carboxylic acids is 1. The number of hydrogen-bond acceptors (Lipinski definition) is 4. The lowest BCUT2D eigenvalue weighted by molar-refractivity contribution is -0.123. The molecule has 0 unspecified atom stereocenters. The van der Waals surface area contributed by atoms with Crippen LogP contribution in [0.25, 0.3) is 0 Å². The Morgan fingerprint density at radius 3 is 2.35 bits per heavy atom. The minimum absolute atomic E-state index is 0.0225. The van der Waals surface area contributed by atoms with Crippen LogP contribution >= 0.6 is 0 Å². The second-order valence-electron chi connectivity index (χ2n) is 4.92. The predicted molar refractivity (Wildman–Crippen MR) is 88.2 cm³/mol. The lowest BCUT2D eigenvalue weighted by Gasteiger charge is -2.09.